The number of para-hydroxylation sites is 8. The van der Waals surface area contributed by atoms with Crippen molar-refractivity contribution in [2.45, 2.75) is 0 Å². The molecule has 0 radical (unpaired) electrons. The van der Waals surface area contributed by atoms with Crippen molar-refractivity contribution in [1.82, 2.24) is 23.3 Å². The van der Waals surface area contributed by atoms with Crippen LogP contribution in [0, 0.1) is 0 Å². The van der Waals surface area contributed by atoms with Crippen LogP contribution in [-0.4, -0.2) is 23.3 Å². The van der Waals surface area contributed by atoms with E-state index in [0.29, 0.717) is 49.8 Å². The van der Waals surface area contributed by atoms with Crippen molar-refractivity contribution in [3.63, 3.8) is 0 Å². The van der Waals surface area contributed by atoms with Crippen LogP contribution in [0.5, 0.6) is 0 Å². The van der Waals surface area contributed by atoms with Gasteiger partial charge in [-0.3, -0.25) is 9.13 Å². The van der Waals surface area contributed by atoms with Gasteiger partial charge in [0.1, 0.15) is 11.6 Å². The number of nitrogens with zero attached hydrogens (tertiary/aromatic N) is 5. The van der Waals surface area contributed by atoms with Crippen molar-refractivity contribution in [2.24, 2.45) is 0 Å². The first-order chi connectivity index (χ1) is 35.1. The van der Waals surface area contributed by atoms with E-state index in [0.717, 1.165) is 60.5 Å². The summed E-state index contributed by atoms with van der Waals surface area (Å²) in [6, 6.07) is 56.5. The summed E-state index contributed by atoms with van der Waals surface area (Å²) in [6.07, 6.45) is 0. The number of hydrogen-bond donors (Lipinski definition) is 0. The molecule has 5 nitrogen and oxygen atoms in total. The Hall–Kier alpha value is -8.67. The molecular formula is C59H37N5. The Morgan fingerprint density at radius 2 is 0.609 bits per heavy atom. The molecule has 64 heavy (non-hydrogen) atoms. The van der Waals surface area contributed by atoms with E-state index in [1.807, 2.05) is 94.1 Å². The van der Waals surface area contributed by atoms with E-state index in [2.05, 4.69) is 100 Å². The van der Waals surface area contributed by atoms with Crippen LogP contribution in [0.15, 0.2) is 224 Å². The lowest BCUT2D eigenvalue weighted by molar-refractivity contribution is 1.01. The van der Waals surface area contributed by atoms with Gasteiger partial charge in [-0.05, 0) is 78.3 Å². The van der Waals surface area contributed by atoms with Crippen LogP contribution < -0.4 is 0 Å². The minimum absolute atomic E-state index is 0.166. The molecule has 5 heteroatoms. The number of benzene rings is 9. The zero-order chi connectivity index (χ0) is 48.8. The van der Waals surface area contributed by atoms with E-state index < -0.39 is 0 Å². The highest BCUT2D eigenvalue weighted by atomic mass is 15.1. The number of fused-ring (bicyclic) bond motifs is 12. The highest BCUT2D eigenvalue weighted by Crippen LogP contribution is 2.44. The van der Waals surface area contributed by atoms with Crippen molar-refractivity contribution in [2.75, 3.05) is 0 Å². The second kappa shape index (κ2) is 13.4. The smallest absolute Gasteiger partial charge is 0.140 e. The summed E-state index contributed by atoms with van der Waals surface area (Å²) in [5.41, 5.74) is 8.88. The van der Waals surface area contributed by atoms with Gasteiger partial charge >= 0.3 is 0 Å². The molecule has 0 saturated heterocycles. The highest BCUT2D eigenvalue weighted by molar-refractivity contribution is 6.13. The van der Waals surface area contributed by atoms with Crippen LogP contribution in [0.1, 0.15) is 11.0 Å². The molecule has 0 unspecified atom stereocenters. The van der Waals surface area contributed by atoms with Gasteiger partial charge < -0.3 is 9.13 Å². The second-order valence-corrected chi connectivity index (χ2v) is 16.1. The first-order valence-electron chi connectivity index (χ1n) is 25.2. The third-order valence-electron chi connectivity index (χ3n) is 12.8. The van der Waals surface area contributed by atoms with Crippen LogP contribution in [-0.2, 0) is 0 Å². The molecule has 298 valence electrons. The summed E-state index contributed by atoms with van der Waals surface area (Å²) in [4.78, 5) is 5.48. The van der Waals surface area contributed by atoms with Crippen molar-refractivity contribution in [3.8, 4) is 34.1 Å². The second-order valence-electron chi connectivity index (χ2n) is 16.1. The third-order valence-corrected chi connectivity index (χ3v) is 12.8. The van der Waals surface area contributed by atoms with E-state index in [1.54, 1.807) is 0 Å². The van der Waals surface area contributed by atoms with Gasteiger partial charge in [-0.1, -0.05) is 152 Å². The Morgan fingerprint density at radius 3 is 0.984 bits per heavy atom. The van der Waals surface area contributed by atoms with Gasteiger partial charge in [0.25, 0.3) is 0 Å². The summed E-state index contributed by atoms with van der Waals surface area (Å²) in [5.74, 6) is 0.659. The fourth-order valence-electron chi connectivity index (χ4n) is 10.2. The highest BCUT2D eigenvalue weighted by Gasteiger charge is 2.25. The quantitative estimate of drug-likeness (QED) is 0.170. The van der Waals surface area contributed by atoms with Crippen LogP contribution in [0.4, 0.5) is 0 Å². The summed E-state index contributed by atoms with van der Waals surface area (Å²) in [5, 5.41) is 6.27. The van der Waals surface area contributed by atoms with E-state index in [1.165, 1.54) is 0 Å². The summed E-state index contributed by atoms with van der Waals surface area (Å²) >= 11 is 0. The lowest BCUT2D eigenvalue weighted by Gasteiger charge is -2.21. The predicted octanol–water partition coefficient (Wildman–Crippen LogP) is 15.1. The number of hydrogen-bond acceptors (Lipinski definition) is 1. The first kappa shape index (κ1) is 28.0. The SMILES string of the molecule is [2H]c1c([2H])c([2H])c2c(c1[2H])c1ccccc1n2-c1cc(-c2c(-n3c4ccccc4c4ccccc43)cccc2-n2c3ccccc3c3ccccc32)cc(-n2c3ccccc3c3c([2H])c([2H])c([2H])c([2H])c32)n1. The maximum absolute atomic E-state index is 9.50. The summed E-state index contributed by atoms with van der Waals surface area (Å²) < 4.78 is 81.2. The topological polar surface area (TPSA) is 32.6 Å². The number of aromatic nitrogens is 5. The predicted molar refractivity (Wildman–Crippen MR) is 267 cm³/mol. The lowest BCUT2D eigenvalue weighted by Crippen LogP contribution is -2.07. The Bertz CT molecular complexity index is 4300. The van der Waals surface area contributed by atoms with Crippen LogP contribution >= 0.6 is 0 Å². The van der Waals surface area contributed by atoms with Crippen LogP contribution in [0.2, 0.25) is 0 Å². The molecule has 0 N–H and O–H groups in total. The van der Waals surface area contributed by atoms with E-state index in [4.69, 9.17) is 10.5 Å². The molecule has 0 aliphatic carbocycles. The molecule has 0 bridgehead atoms. The minimum atomic E-state index is -0.378. The Kier molecular flexibility index (Phi) is 5.88. The lowest BCUT2D eigenvalue weighted by atomic mass is 10.0. The third kappa shape index (κ3) is 4.86. The van der Waals surface area contributed by atoms with Crippen molar-refractivity contribution >= 4 is 87.2 Å². The maximum Gasteiger partial charge on any atom is 0.140 e. The van der Waals surface area contributed by atoms with Gasteiger partial charge in [0.2, 0.25) is 0 Å². The normalized spacial score (nSPS) is 13.8. The average molecular weight is 824 g/mol. The zero-order valence-corrected chi connectivity index (χ0v) is 34.0. The van der Waals surface area contributed by atoms with Gasteiger partial charge in [0.05, 0.1) is 66.5 Å². The van der Waals surface area contributed by atoms with E-state index in [-0.39, 0.29) is 59.4 Å². The Balaban J connectivity index is 1.22. The van der Waals surface area contributed by atoms with Gasteiger partial charge in [-0.25, -0.2) is 4.98 Å². The van der Waals surface area contributed by atoms with Crippen molar-refractivity contribution in [1.29, 1.82) is 0 Å². The summed E-state index contributed by atoms with van der Waals surface area (Å²) in [6.45, 7) is 0. The summed E-state index contributed by atoms with van der Waals surface area (Å²) in [7, 11) is 0. The fourth-order valence-corrected chi connectivity index (χ4v) is 10.2. The molecule has 14 aromatic rings. The molecule has 14 rings (SSSR count). The molecule has 0 saturated carbocycles. The maximum atomic E-state index is 9.50. The van der Waals surface area contributed by atoms with Gasteiger partial charge in [-0.2, -0.15) is 0 Å². The standard InChI is InChI=1S/C59H37N5/c1-9-26-47-39(18-1)40-19-2-10-27-48(40)61(47)55-34-17-35-56(62-49-28-11-3-20-41(49)42-21-4-12-29-50(42)62)59(55)38-36-57(63-51-30-13-5-22-43(51)44-23-6-14-31-52(44)63)60-58(37-38)64-53-32-15-7-24-45(53)46-25-8-16-33-54(46)64/h1-37H/i5D,7D,13D,15D,22D,24D,30D,32D. The number of rotatable bonds is 5. The molecule has 9 aromatic carbocycles. The van der Waals surface area contributed by atoms with Gasteiger partial charge in [0, 0.05) is 48.7 Å². The molecule has 5 heterocycles. The molecule has 0 aliphatic rings. The van der Waals surface area contributed by atoms with E-state index in [9.17, 15) is 5.48 Å². The molecule has 0 atom stereocenters. The van der Waals surface area contributed by atoms with Crippen molar-refractivity contribution < 1.29 is 11.0 Å². The Labute approximate surface area is 378 Å². The molecule has 0 amide bonds. The first-order valence-corrected chi connectivity index (χ1v) is 21.2. The molecular weight excluding hydrogens is 779 g/mol. The monoisotopic (exact) mass is 823 g/mol. The van der Waals surface area contributed by atoms with Gasteiger partial charge in [0.15, 0.2) is 0 Å². The fraction of sp³-hybridized carbons (Fsp3) is 0. The molecule has 5 aromatic heterocycles. The van der Waals surface area contributed by atoms with Crippen molar-refractivity contribution in [3.05, 3.63) is 224 Å². The van der Waals surface area contributed by atoms with Crippen LogP contribution in [0.25, 0.3) is 121 Å². The van der Waals surface area contributed by atoms with Gasteiger partial charge in [-0.15, -0.1) is 0 Å². The molecule has 0 fully saturated rings. The zero-order valence-electron chi connectivity index (χ0n) is 42.0. The van der Waals surface area contributed by atoms with Crippen LogP contribution in [0.3, 0.4) is 0 Å². The minimum Gasteiger partial charge on any atom is -0.309 e. The van der Waals surface area contributed by atoms with E-state index >= 15 is 0 Å². The molecule has 0 aliphatic heterocycles. The average Bonchev–Trinajstić information content (AvgIpc) is 4.16. The number of pyridine rings is 1. The Morgan fingerprint density at radius 1 is 0.297 bits per heavy atom. The molecule has 0 spiro atoms. The largest absolute Gasteiger partial charge is 0.309 e.